The Morgan fingerprint density at radius 2 is 2.23 bits per heavy atom. The fraction of sp³-hybridized carbons (Fsp3) is 0.625. The number of nitrogens with two attached hydrogens (primary N) is 1. The normalized spacial score (nSPS) is 25.2. The van der Waals surface area contributed by atoms with E-state index < -0.39 is 5.92 Å². The number of rotatable bonds is 2. The SMILES string of the molecule is CC(CN)C1=NC(=O)C(C)C(=O)N1. The third-order valence-corrected chi connectivity index (χ3v) is 2.07. The lowest BCUT2D eigenvalue weighted by atomic mass is 10.1. The van der Waals surface area contributed by atoms with Gasteiger partial charge in [-0.1, -0.05) is 6.92 Å². The van der Waals surface area contributed by atoms with E-state index in [2.05, 4.69) is 10.3 Å². The van der Waals surface area contributed by atoms with Crippen molar-refractivity contribution in [2.45, 2.75) is 13.8 Å². The molecular formula is C8H13N3O2. The number of carbonyl (C=O) groups is 2. The Bertz CT molecular complexity index is 273. The summed E-state index contributed by atoms with van der Waals surface area (Å²) in [6.07, 6.45) is 0. The third kappa shape index (κ3) is 1.92. The van der Waals surface area contributed by atoms with Crippen molar-refractivity contribution < 1.29 is 9.59 Å². The maximum absolute atomic E-state index is 11.2. The lowest BCUT2D eigenvalue weighted by molar-refractivity contribution is -0.132. The second kappa shape index (κ2) is 3.66. The Hall–Kier alpha value is -1.23. The molecule has 5 heteroatoms. The Labute approximate surface area is 76.4 Å². The number of nitrogens with one attached hydrogen (secondary N) is 1. The van der Waals surface area contributed by atoms with Crippen LogP contribution in [-0.2, 0) is 9.59 Å². The molecule has 1 aliphatic rings. The molecule has 0 aliphatic carbocycles. The summed E-state index contributed by atoms with van der Waals surface area (Å²) in [6.45, 7) is 3.70. The van der Waals surface area contributed by atoms with Crippen molar-refractivity contribution >= 4 is 17.6 Å². The number of hydrogen-bond donors (Lipinski definition) is 2. The molecule has 0 saturated heterocycles. The Kier molecular flexibility index (Phi) is 2.77. The van der Waals surface area contributed by atoms with Crippen molar-refractivity contribution in [3.63, 3.8) is 0 Å². The standard InChI is InChI=1S/C8H13N3O2/c1-4(3-9)6-10-7(12)5(2)8(13)11-6/h4-5H,3,9H2,1-2H3,(H,10,11,12,13). The van der Waals surface area contributed by atoms with Crippen LogP contribution in [0.15, 0.2) is 4.99 Å². The van der Waals surface area contributed by atoms with E-state index in [0.29, 0.717) is 12.4 Å². The van der Waals surface area contributed by atoms with Crippen molar-refractivity contribution in [1.82, 2.24) is 5.32 Å². The van der Waals surface area contributed by atoms with E-state index in [1.165, 1.54) is 6.92 Å². The van der Waals surface area contributed by atoms with Crippen LogP contribution < -0.4 is 11.1 Å². The molecule has 2 amide bonds. The van der Waals surface area contributed by atoms with Crippen molar-refractivity contribution in [1.29, 1.82) is 0 Å². The van der Waals surface area contributed by atoms with E-state index in [0.717, 1.165) is 0 Å². The van der Waals surface area contributed by atoms with Gasteiger partial charge >= 0.3 is 0 Å². The summed E-state index contributed by atoms with van der Waals surface area (Å²) in [5.41, 5.74) is 5.38. The van der Waals surface area contributed by atoms with Crippen molar-refractivity contribution in [3.05, 3.63) is 0 Å². The maximum atomic E-state index is 11.2. The fourth-order valence-corrected chi connectivity index (χ4v) is 0.935. The van der Waals surface area contributed by atoms with Crippen LogP contribution in [0.3, 0.4) is 0 Å². The van der Waals surface area contributed by atoms with Crippen LogP contribution >= 0.6 is 0 Å². The van der Waals surface area contributed by atoms with Gasteiger partial charge in [-0.15, -0.1) is 0 Å². The molecule has 2 atom stereocenters. The zero-order chi connectivity index (χ0) is 10.0. The van der Waals surface area contributed by atoms with Crippen LogP contribution in [0.4, 0.5) is 0 Å². The van der Waals surface area contributed by atoms with Crippen LogP contribution in [0.25, 0.3) is 0 Å². The molecule has 1 rings (SSSR count). The van der Waals surface area contributed by atoms with Crippen LogP contribution in [-0.4, -0.2) is 24.2 Å². The highest BCUT2D eigenvalue weighted by Gasteiger charge is 2.28. The molecule has 0 bridgehead atoms. The molecule has 0 aromatic carbocycles. The average molecular weight is 183 g/mol. The molecular weight excluding hydrogens is 170 g/mol. The zero-order valence-corrected chi connectivity index (χ0v) is 7.70. The number of aliphatic imine (C=N–C) groups is 1. The Morgan fingerprint density at radius 3 is 2.69 bits per heavy atom. The molecule has 0 spiro atoms. The molecule has 13 heavy (non-hydrogen) atoms. The highest BCUT2D eigenvalue weighted by molar-refractivity contribution is 6.16. The topological polar surface area (TPSA) is 84.5 Å². The minimum Gasteiger partial charge on any atom is -0.330 e. The van der Waals surface area contributed by atoms with Gasteiger partial charge in [-0.2, -0.15) is 4.99 Å². The second-order valence-electron chi connectivity index (χ2n) is 3.18. The molecule has 1 heterocycles. The molecule has 2 unspecified atom stereocenters. The fourth-order valence-electron chi connectivity index (χ4n) is 0.935. The van der Waals surface area contributed by atoms with Crippen LogP contribution in [0.1, 0.15) is 13.8 Å². The molecule has 5 nitrogen and oxygen atoms in total. The van der Waals surface area contributed by atoms with E-state index in [9.17, 15) is 9.59 Å². The van der Waals surface area contributed by atoms with E-state index in [1.807, 2.05) is 6.92 Å². The first kappa shape index (κ1) is 9.85. The molecule has 72 valence electrons. The predicted molar refractivity (Wildman–Crippen MR) is 48.0 cm³/mol. The summed E-state index contributed by atoms with van der Waals surface area (Å²) in [6, 6.07) is 0. The predicted octanol–water partition coefficient (Wildman–Crippen LogP) is -0.728. The van der Waals surface area contributed by atoms with Gasteiger partial charge in [-0.05, 0) is 6.92 Å². The Morgan fingerprint density at radius 1 is 1.62 bits per heavy atom. The number of carbonyl (C=O) groups excluding carboxylic acids is 2. The average Bonchev–Trinajstić information content (AvgIpc) is 2.12. The van der Waals surface area contributed by atoms with E-state index >= 15 is 0 Å². The monoisotopic (exact) mass is 183 g/mol. The highest BCUT2D eigenvalue weighted by atomic mass is 16.2. The number of nitrogens with zero attached hydrogens (tertiary/aromatic N) is 1. The Balaban J connectivity index is 2.85. The third-order valence-electron chi connectivity index (χ3n) is 2.07. The van der Waals surface area contributed by atoms with Gasteiger partial charge < -0.3 is 11.1 Å². The first-order chi connectivity index (χ1) is 6.06. The van der Waals surface area contributed by atoms with Gasteiger partial charge in [0.15, 0.2) is 0 Å². The number of hydrogen-bond acceptors (Lipinski definition) is 3. The minimum absolute atomic E-state index is 0.0830. The van der Waals surface area contributed by atoms with Gasteiger partial charge in [-0.25, -0.2) is 0 Å². The summed E-state index contributed by atoms with van der Waals surface area (Å²) < 4.78 is 0. The van der Waals surface area contributed by atoms with Gasteiger partial charge in [0.2, 0.25) is 5.91 Å². The molecule has 3 N–H and O–H groups in total. The first-order valence-corrected chi connectivity index (χ1v) is 4.19. The number of amides is 2. The van der Waals surface area contributed by atoms with Crippen molar-refractivity contribution in [2.24, 2.45) is 22.6 Å². The molecule has 0 aromatic heterocycles. The minimum atomic E-state index is -0.672. The van der Waals surface area contributed by atoms with Crippen molar-refractivity contribution in [2.75, 3.05) is 6.54 Å². The first-order valence-electron chi connectivity index (χ1n) is 4.19. The van der Waals surface area contributed by atoms with Crippen LogP contribution in [0, 0.1) is 11.8 Å². The molecule has 0 radical (unpaired) electrons. The lowest BCUT2D eigenvalue weighted by Gasteiger charge is -2.20. The van der Waals surface area contributed by atoms with E-state index in [-0.39, 0.29) is 17.7 Å². The molecule has 0 fully saturated rings. The van der Waals surface area contributed by atoms with E-state index in [1.54, 1.807) is 0 Å². The van der Waals surface area contributed by atoms with Gasteiger partial charge in [0.05, 0.1) is 0 Å². The van der Waals surface area contributed by atoms with E-state index in [4.69, 9.17) is 5.73 Å². The zero-order valence-electron chi connectivity index (χ0n) is 7.70. The summed E-state index contributed by atoms with van der Waals surface area (Å²) in [5, 5.41) is 2.56. The van der Waals surface area contributed by atoms with Crippen molar-refractivity contribution in [3.8, 4) is 0 Å². The lowest BCUT2D eigenvalue weighted by Crippen LogP contribution is -2.46. The van der Waals surface area contributed by atoms with Crippen LogP contribution in [0.2, 0.25) is 0 Å². The summed E-state index contributed by atoms with van der Waals surface area (Å²) in [5.74, 6) is -1.06. The number of amidine groups is 1. The highest BCUT2D eigenvalue weighted by Crippen LogP contribution is 2.07. The van der Waals surface area contributed by atoms with Gasteiger partial charge in [0, 0.05) is 12.5 Å². The molecule has 0 aromatic rings. The molecule has 0 saturated carbocycles. The second-order valence-corrected chi connectivity index (χ2v) is 3.18. The summed E-state index contributed by atoms with van der Waals surface area (Å²) >= 11 is 0. The largest absolute Gasteiger partial charge is 0.330 e. The molecule has 1 aliphatic heterocycles. The van der Waals surface area contributed by atoms with Gasteiger partial charge in [0.1, 0.15) is 11.8 Å². The summed E-state index contributed by atoms with van der Waals surface area (Å²) in [4.78, 5) is 26.1. The van der Waals surface area contributed by atoms with Crippen LogP contribution in [0.5, 0.6) is 0 Å². The summed E-state index contributed by atoms with van der Waals surface area (Å²) in [7, 11) is 0. The van der Waals surface area contributed by atoms with Gasteiger partial charge in [-0.3, -0.25) is 9.59 Å². The maximum Gasteiger partial charge on any atom is 0.259 e. The quantitative estimate of drug-likeness (QED) is 0.553. The van der Waals surface area contributed by atoms with Gasteiger partial charge in [0.25, 0.3) is 5.91 Å². The smallest absolute Gasteiger partial charge is 0.259 e.